The molecule has 0 aliphatic carbocycles. The number of esters is 1. The van der Waals surface area contributed by atoms with Gasteiger partial charge in [0.25, 0.3) is 0 Å². The van der Waals surface area contributed by atoms with Crippen LogP contribution >= 0.6 is 0 Å². The van der Waals surface area contributed by atoms with Gasteiger partial charge in [-0.05, 0) is 12.1 Å². The Morgan fingerprint density at radius 1 is 1.39 bits per heavy atom. The monoisotopic (exact) mass is 249 g/mol. The summed E-state index contributed by atoms with van der Waals surface area (Å²) in [5.74, 6) is -0.365. The van der Waals surface area contributed by atoms with Crippen LogP contribution in [-0.4, -0.2) is 31.8 Å². The minimum absolute atomic E-state index is 0.0817. The third kappa shape index (κ3) is 3.31. The first-order valence-corrected chi connectivity index (χ1v) is 6.33. The van der Waals surface area contributed by atoms with Gasteiger partial charge in [-0.2, -0.15) is 0 Å². The zero-order chi connectivity index (χ0) is 12.8. The molecule has 0 bridgehead atoms. The lowest BCUT2D eigenvalue weighted by atomic mass is 10.0. The summed E-state index contributed by atoms with van der Waals surface area (Å²) in [7, 11) is 0. The van der Waals surface area contributed by atoms with E-state index in [1.807, 2.05) is 37.3 Å². The molecule has 18 heavy (non-hydrogen) atoms. The maximum Gasteiger partial charge on any atom is 0.313 e. The molecule has 4 heteroatoms. The summed E-state index contributed by atoms with van der Waals surface area (Å²) >= 11 is 0. The fourth-order valence-electron chi connectivity index (χ4n) is 2.09. The van der Waals surface area contributed by atoms with Gasteiger partial charge in [0.15, 0.2) is 0 Å². The van der Waals surface area contributed by atoms with Crippen LogP contribution in [-0.2, 0) is 20.9 Å². The number of ether oxygens (including phenoxy) is 2. The maximum atomic E-state index is 12.0. The van der Waals surface area contributed by atoms with Crippen molar-refractivity contribution in [3.63, 3.8) is 0 Å². The van der Waals surface area contributed by atoms with Crippen molar-refractivity contribution in [2.75, 3.05) is 19.8 Å². The fraction of sp³-hybridized carbons (Fsp3) is 0.500. The van der Waals surface area contributed by atoms with Crippen LogP contribution in [0.3, 0.4) is 0 Å². The first-order chi connectivity index (χ1) is 8.81. The first-order valence-electron chi connectivity index (χ1n) is 6.33. The number of carbonyl (C=O) groups is 1. The molecule has 2 atom stereocenters. The van der Waals surface area contributed by atoms with Gasteiger partial charge in [0.05, 0.1) is 19.1 Å². The summed E-state index contributed by atoms with van der Waals surface area (Å²) in [6.07, 6.45) is 0. The molecule has 1 aromatic carbocycles. The van der Waals surface area contributed by atoms with Crippen molar-refractivity contribution in [3.8, 4) is 0 Å². The molecule has 98 valence electrons. The van der Waals surface area contributed by atoms with Crippen LogP contribution in [0.1, 0.15) is 12.5 Å². The predicted octanol–water partition coefficient (Wildman–Crippen LogP) is 1.35. The third-order valence-electron chi connectivity index (χ3n) is 3.07. The molecule has 1 aromatic rings. The van der Waals surface area contributed by atoms with E-state index in [-0.39, 0.29) is 17.9 Å². The molecule has 0 amide bonds. The van der Waals surface area contributed by atoms with Crippen LogP contribution < -0.4 is 5.32 Å². The summed E-state index contributed by atoms with van der Waals surface area (Å²) in [5.41, 5.74) is 1.00. The lowest BCUT2D eigenvalue weighted by Gasteiger charge is -2.17. The van der Waals surface area contributed by atoms with E-state index in [1.165, 1.54) is 0 Å². The van der Waals surface area contributed by atoms with Crippen molar-refractivity contribution in [2.45, 2.75) is 19.6 Å². The smallest absolute Gasteiger partial charge is 0.313 e. The van der Waals surface area contributed by atoms with E-state index in [4.69, 9.17) is 9.47 Å². The molecule has 1 aliphatic heterocycles. The van der Waals surface area contributed by atoms with Crippen LogP contribution in [0.5, 0.6) is 0 Å². The molecule has 1 aliphatic rings. The molecule has 4 nitrogen and oxygen atoms in total. The van der Waals surface area contributed by atoms with E-state index in [0.717, 1.165) is 12.1 Å². The van der Waals surface area contributed by atoms with E-state index in [2.05, 4.69) is 5.32 Å². The van der Waals surface area contributed by atoms with E-state index in [9.17, 15) is 4.79 Å². The zero-order valence-electron chi connectivity index (χ0n) is 10.6. The van der Waals surface area contributed by atoms with Crippen molar-refractivity contribution >= 4 is 5.97 Å². The number of likely N-dealkylation sites (N-methyl/N-ethyl adjacent to an activating group) is 1. The SMILES string of the molecule is CCNC1COCC1C(=O)OCc1ccccc1. The van der Waals surface area contributed by atoms with E-state index in [0.29, 0.717) is 19.8 Å². The largest absolute Gasteiger partial charge is 0.460 e. The van der Waals surface area contributed by atoms with Gasteiger partial charge in [-0.25, -0.2) is 0 Å². The van der Waals surface area contributed by atoms with Crippen LogP contribution in [0.2, 0.25) is 0 Å². The second-order valence-electron chi connectivity index (χ2n) is 4.40. The summed E-state index contributed by atoms with van der Waals surface area (Å²) in [6, 6.07) is 9.78. The fourth-order valence-corrected chi connectivity index (χ4v) is 2.09. The summed E-state index contributed by atoms with van der Waals surface area (Å²) in [6.45, 7) is 4.21. The van der Waals surface area contributed by atoms with Gasteiger partial charge >= 0.3 is 5.97 Å². The number of hydrogen-bond acceptors (Lipinski definition) is 4. The highest BCUT2D eigenvalue weighted by molar-refractivity contribution is 5.73. The van der Waals surface area contributed by atoms with Crippen LogP contribution in [0.4, 0.5) is 0 Å². The first kappa shape index (κ1) is 13.1. The molecule has 2 rings (SSSR count). The van der Waals surface area contributed by atoms with Gasteiger partial charge in [0.1, 0.15) is 6.61 Å². The molecule has 1 N–H and O–H groups in total. The Labute approximate surface area is 107 Å². The van der Waals surface area contributed by atoms with Crippen molar-refractivity contribution in [3.05, 3.63) is 35.9 Å². The van der Waals surface area contributed by atoms with E-state index in [1.54, 1.807) is 0 Å². The second-order valence-corrected chi connectivity index (χ2v) is 4.40. The molecule has 0 spiro atoms. The summed E-state index contributed by atoms with van der Waals surface area (Å²) in [4.78, 5) is 12.0. The zero-order valence-corrected chi connectivity index (χ0v) is 10.6. The Bertz CT molecular complexity index is 380. The molecule has 1 saturated heterocycles. The number of hydrogen-bond donors (Lipinski definition) is 1. The van der Waals surface area contributed by atoms with Crippen LogP contribution in [0.15, 0.2) is 30.3 Å². The average molecular weight is 249 g/mol. The number of benzene rings is 1. The highest BCUT2D eigenvalue weighted by atomic mass is 16.5. The van der Waals surface area contributed by atoms with Gasteiger partial charge in [-0.1, -0.05) is 37.3 Å². The minimum Gasteiger partial charge on any atom is -0.460 e. The molecule has 1 fully saturated rings. The van der Waals surface area contributed by atoms with Crippen molar-refractivity contribution in [2.24, 2.45) is 5.92 Å². The summed E-state index contributed by atoms with van der Waals surface area (Å²) < 4.78 is 10.7. The van der Waals surface area contributed by atoms with Gasteiger partial charge in [-0.3, -0.25) is 4.79 Å². The normalized spacial score (nSPS) is 22.9. The lowest BCUT2D eigenvalue weighted by Crippen LogP contribution is -2.39. The Kier molecular flexibility index (Phi) is 4.73. The topological polar surface area (TPSA) is 47.6 Å². The molecule has 2 unspecified atom stereocenters. The Morgan fingerprint density at radius 3 is 2.89 bits per heavy atom. The van der Waals surface area contributed by atoms with Crippen LogP contribution in [0, 0.1) is 5.92 Å². The Morgan fingerprint density at radius 2 is 2.17 bits per heavy atom. The quantitative estimate of drug-likeness (QED) is 0.800. The lowest BCUT2D eigenvalue weighted by molar-refractivity contribution is -0.150. The van der Waals surface area contributed by atoms with Crippen molar-refractivity contribution < 1.29 is 14.3 Å². The standard InChI is InChI=1S/C14H19NO3/c1-2-15-13-10-17-9-12(13)14(16)18-8-11-6-4-3-5-7-11/h3-7,12-13,15H,2,8-10H2,1H3. The predicted molar refractivity (Wildman–Crippen MR) is 68.0 cm³/mol. The van der Waals surface area contributed by atoms with Crippen molar-refractivity contribution in [1.82, 2.24) is 5.32 Å². The third-order valence-corrected chi connectivity index (χ3v) is 3.07. The highest BCUT2D eigenvalue weighted by Crippen LogP contribution is 2.16. The summed E-state index contributed by atoms with van der Waals surface area (Å²) in [5, 5.41) is 3.25. The molecule has 0 saturated carbocycles. The Balaban J connectivity index is 1.84. The van der Waals surface area contributed by atoms with Gasteiger partial charge in [0.2, 0.25) is 0 Å². The molecular formula is C14H19NO3. The van der Waals surface area contributed by atoms with Gasteiger partial charge in [-0.15, -0.1) is 0 Å². The van der Waals surface area contributed by atoms with Crippen LogP contribution in [0.25, 0.3) is 0 Å². The number of rotatable bonds is 5. The molecule has 0 radical (unpaired) electrons. The number of nitrogens with one attached hydrogen (secondary N) is 1. The van der Waals surface area contributed by atoms with Gasteiger partial charge in [0, 0.05) is 6.04 Å². The van der Waals surface area contributed by atoms with E-state index >= 15 is 0 Å². The maximum absolute atomic E-state index is 12.0. The minimum atomic E-state index is -0.186. The molecular weight excluding hydrogens is 230 g/mol. The Hall–Kier alpha value is -1.39. The van der Waals surface area contributed by atoms with Crippen molar-refractivity contribution in [1.29, 1.82) is 0 Å². The molecule has 1 heterocycles. The highest BCUT2D eigenvalue weighted by Gasteiger charge is 2.34. The average Bonchev–Trinajstić information content (AvgIpc) is 2.86. The van der Waals surface area contributed by atoms with Gasteiger partial charge < -0.3 is 14.8 Å². The van der Waals surface area contributed by atoms with E-state index < -0.39 is 0 Å². The number of carbonyl (C=O) groups excluding carboxylic acids is 1. The second kappa shape index (κ2) is 6.52. The molecule has 0 aromatic heterocycles.